The van der Waals surface area contributed by atoms with E-state index in [1.165, 1.54) is 11.1 Å². The van der Waals surface area contributed by atoms with Crippen LogP contribution in [-0.2, 0) is 5.41 Å². The van der Waals surface area contributed by atoms with E-state index in [1.807, 2.05) is 12.1 Å². The zero-order valence-electron chi connectivity index (χ0n) is 13.4. The van der Waals surface area contributed by atoms with E-state index >= 15 is 0 Å². The lowest BCUT2D eigenvalue weighted by Crippen LogP contribution is -2.39. The molecule has 0 fully saturated rings. The number of nitrogens with zero attached hydrogens (tertiary/aromatic N) is 1. The second-order valence-electron chi connectivity index (χ2n) is 5.64. The maximum atomic E-state index is 5.44. The number of hydrazone groups is 1. The Morgan fingerprint density at radius 1 is 1.05 bits per heavy atom. The first-order valence-electron chi connectivity index (χ1n) is 7.83. The van der Waals surface area contributed by atoms with E-state index in [0.29, 0.717) is 0 Å². The summed E-state index contributed by atoms with van der Waals surface area (Å²) in [5.41, 5.74) is 7.76. The summed E-state index contributed by atoms with van der Waals surface area (Å²) in [6, 6.07) is 16.6. The highest BCUT2D eigenvalue weighted by molar-refractivity contribution is 6.10. The van der Waals surface area contributed by atoms with E-state index in [9.17, 15) is 0 Å². The fraction of sp³-hybridized carbons (Fsp3) is 0.316. The van der Waals surface area contributed by atoms with Gasteiger partial charge in [0.05, 0.1) is 18.5 Å². The summed E-state index contributed by atoms with van der Waals surface area (Å²) in [4.78, 5) is 0. The topological polar surface area (TPSA) is 33.6 Å². The summed E-state index contributed by atoms with van der Waals surface area (Å²) >= 11 is 0. The third-order valence-corrected chi connectivity index (χ3v) is 4.74. The molecule has 3 heteroatoms. The van der Waals surface area contributed by atoms with Crippen LogP contribution in [0.3, 0.4) is 0 Å². The molecule has 0 spiro atoms. The van der Waals surface area contributed by atoms with Gasteiger partial charge in [-0.25, -0.2) is 0 Å². The maximum absolute atomic E-state index is 5.44. The highest BCUT2D eigenvalue weighted by Gasteiger charge is 2.39. The highest BCUT2D eigenvalue weighted by Crippen LogP contribution is 2.43. The summed E-state index contributed by atoms with van der Waals surface area (Å²) in [6.07, 6.45) is 2.00. The van der Waals surface area contributed by atoms with Crippen molar-refractivity contribution in [2.75, 3.05) is 12.5 Å². The van der Waals surface area contributed by atoms with E-state index in [1.54, 1.807) is 7.11 Å². The molecule has 1 N–H and O–H groups in total. The average molecular weight is 294 g/mol. The Morgan fingerprint density at radius 2 is 1.77 bits per heavy atom. The van der Waals surface area contributed by atoms with Crippen LogP contribution in [0.5, 0.6) is 5.75 Å². The van der Waals surface area contributed by atoms with Gasteiger partial charge in [0.15, 0.2) is 0 Å². The molecule has 0 aliphatic carbocycles. The fourth-order valence-corrected chi connectivity index (χ4v) is 3.40. The van der Waals surface area contributed by atoms with E-state index < -0.39 is 0 Å². The molecule has 1 aliphatic heterocycles. The van der Waals surface area contributed by atoms with Gasteiger partial charge in [-0.05, 0) is 42.2 Å². The van der Waals surface area contributed by atoms with Crippen molar-refractivity contribution < 1.29 is 4.74 Å². The van der Waals surface area contributed by atoms with Crippen molar-refractivity contribution in [1.82, 2.24) is 0 Å². The fourth-order valence-electron chi connectivity index (χ4n) is 3.40. The Hall–Kier alpha value is -2.29. The monoisotopic (exact) mass is 294 g/mol. The molecule has 1 aliphatic rings. The van der Waals surface area contributed by atoms with Gasteiger partial charge in [-0.2, -0.15) is 5.10 Å². The summed E-state index contributed by atoms with van der Waals surface area (Å²) < 4.78 is 5.44. The van der Waals surface area contributed by atoms with Crippen LogP contribution in [0.1, 0.15) is 37.8 Å². The zero-order valence-corrected chi connectivity index (χ0v) is 13.4. The number of rotatable bonds is 4. The summed E-state index contributed by atoms with van der Waals surface area (Å²) in [5.74, 6) is 0.890. The highest BCUT2D eigenvalue weighted by atomic mass is 16.5. The van der Waals surface area contributed by atoms with Crippen molar-refractivity contribution in [2.45, 2.75) is 32.1 Å². The third kappa shape index (κ3) is 2.17. The van der Waals surface area contributed by atoms with Gasteiger partial charge < -0.3 is 4.74 Å². The Morgan fingerprint density at radius 3 is 2.41 bits per heavy atom. The second kappa shape index (κ2) is 5.84. The first-order valence-corrected chi connectivity index (χ1v) is 7.83. The molecule has 0 saturated heterocycles. The Balaban J connectivity index is 2.19. The van der Waals surface area contributed by atoms with E-state index in [2.05, 4.69) is 55.7 Å². The van der Waals surface area contributed by atoms with Gasteiger partial charge in [0, 0.05) is 5.41 Å². The van der Waals surface area contributed by atoms with E-state index in [-0.39, 0.29) is 5.41 Å². The number of methoxy groups -OCH3 is 1. The molecule has 0 atom stereocenters. The lowest BCUT2D eigenvalue weighted by molar-refractivity contribution is 0.412. The normalized spacial score (nSPS) is 15.5. The van der Waals surface area contributed by atoms with Crippen LogP contribution >= 0.6 is 0 Å². The molecule has 3 nitrogen and oxygen atoms in total. The molecule has 0 bridgehead atoms. The van der Waals surface area contributed by atoms with Crippen LogP contribution in [0.4, 0.5) is 5.69 Å². The minimum Gasteiger partial charge on any atom is -0.497 e. The van der Waals surface area contributed by atoms with Crippen LogP contribution in [0, 0.1) is 0 Å². The molecular formula is C19H22N2O. The lowest BCUT2D eigenvalue weighted by atomic mass is 9.69. The predicted octanol–water partition coefficient (Wildman–Crippen LogP) is 4.58. The number of hydrogen-bond acceptors (Lipinski definition) is 3. The second-order valence-corrected chi connectivity index (χ2v) is 5.64. The average Bonchev–Trinajstić information content (AvgIpc) is 2.61. The molecule has 0 aromatic heterocycles. The van der Waals surface area contributed by atoms with Gasteiger partial charge >= 0.3 is 0 Å². The minimum absolute atomic E-state index is 0.0868. The first kappa shape index (κ1) is 14.6. The number of fused-ring (bicyclic) bond motifs is 1. The van der Waals surface area contributed by atoms with Crippen LogP contribution in [-0.4, -0.2) is 12.8 Å². The molecular weight excluding hydrogens is 272 g/mol. The number of hydrogen-bond donors (Lipinski definition) is 1. The molecule has 0 radical (unpaired) electrons. The molecule has 2 aromatic carbocycles. The predicted molar refractivity (Wildman–Crippen MR) is 91.9 cm³/mol. The molecule has 114 valence electrons. The minimum atomic E-state index is -0.0868. The largest absolute Gasteiger partial charge is 0.497 e. The smallest absolute Gasteiger partial charge is 0.119 e. The third-order valence-electron chi connectivity index (χ3n) is 4.74. The molecule has 0 amide bonds. The van der Waals surface area contributed by atoms with Crippen molar-refractivity contribution >= 4 is 11.4 Å². The van der Waals surface area contributed by atoms with E-state index in [4.69, 9.17) is 9.84 Å². The van der Waals surface area contributed by atoms with Gasteiger partial charge in [0.1, 0.15) is 5.75 Å². The molecule has 0 unspecified atom stereocenters. The van der Waals surface area contributed by atoms with Crippen molar-refractivity contribution in [1.29, 1.82) is 0 Å². The molecule has 3 rings (SSSR count). The Bertz CT molecular complexity index is 688. The quantitative estimate of drug-likeness (QED) is 0.895. The standard InChI is InChI=1S/C19H22N2O/c1-4-19(5-2)16-13-15(22-3)11-12-17(16)20-21-18(19)14-9-7-6-8-10-14/h6-13,20H,4-5H2,1-3H3. The van der Waals surface area contributed by atoms with Crippen molar-refractivity contribution in [3.8, 4) is 5.75 Å². The van der Waals surface area contributed by atoms with Crippen LogP contribution in [0.25, 0.3) is 0 Å². The van der Waals surface area contributed by atoms with Crippen LogP contribution in [0.2, 0.25) is 0 Å². The first-order chi connectivity index (χ1) is 10.7. The number of nitrogens with one attached hydrogen (secondary N) is 1. The van der Waals surface area contributed by atoms with Crippen LogP contribution in [0.15, 0.2) is 53.6 Å². The number of ether oxygens (including phenoxy) is 1. The van der Waals surface area contributed by atoms with Gasteiger partial charge in [0.25, 0.3) is 0 Å². The van der Waals surface area contributed by atoms with Gasteiger partial charge in [-0.15, -0.1) is 0 Å². The molecule has 1 heterocycles. The zero-order chi connectivity index (χ0) is 15.6. The molecule has 2 aromatic rings. The van der Waals surface area contributed by atoms with Crippen LogP contribution < -0.4 is 10.2 Å². The van der Waals surface area contributed by atoms with Gasteiger partial charge in [-0.1, -0.05) is 44.2 Å². The summed E-state index contributed by atoms with van der Waals surface area (Å²) in [5, 5.41) is 4.72. The van der Waals surface area contributed by atoms with Crippen molar-refractivity contribution in [3.63, 3.8) is 0 Å². The Labute approximate surface area is 132 Å². The van der Waals surface area contributed by atoms with E-state index in [0.717, 1.165) is 30.0 Å². The van der Waals surface area contributed by atoms with Gasteiger partial charge in [-0.3, -0.25) is 5.43 Å². The van der Waals surface area contributed by atoms with Crippen molar-refractivity contribution in [2.24, 2.45) is 5.10 Å². The molecule has 0 saturated carbocycles. The number of anilines is 1. The summed E-state index contributed by atoms with van der Waals surface area (Å²) in [7, 11) is 1.71. The SMILES string of the molecule is CCC1(CC)C(c2ccccc2)=NNc2ccc(OC)cc21. The summed E-state index contributed by atoms with van der Waals surface area (Å²) in [6.45, 7) is 4.47. The number of benzene rings is 2. The maximum Gasteiger partial charge on any atom is 0.119 e. The Kier molecular flexibility index (Phi) is 3.88. The lowest BCUT2D eigenvalue weighted by Gasteiger charge is -2.38. The molecule has 22 heavy (non-hydrogen) atoms. The van der Waals surface area contributed by atoms with Gasteiger partial charge in [0.2, 0.25) is 0 Å². The van der Waals surface area contributed by atoms with Crippen molar-refractivity contribution in [3.05, 3.63) is 59.7 Å².